The van der Waals surface area contributed by atoms with Crippen LogP contribution in [0.15, 0.2) is 109 Å². The Bertz CT molecular complexity index is 1880. The van der Waals surface area contributed by atoms with Gasteiger partial charge in [-0.25, -0.2) is 0 Å². The second-order valence-corrected chi connectivity index (χ2v) is 16.5. The van der Waals surface area contributed by atoms with Gasteiger partial charge in [0.15, 0.2) is 0 Å². The summed E-state index contributed by atoms with van der Waals surface area (Å²) >= 11 is 0. The monoisotopic (exact) mass is 718 g/mol. The lowest BCUT2D eigenvalue weighted by Gasteiger charge is -2.33. The van der Waals surface area contributed by atoms with Gasteiger partial charge in [-0.15, -0.1) is 0 Å². The van der Waals surface area contributed by atoms with Crippen LogP contribution in [-0.4, -0.2) is 0 Å². The Balaban J connectivity index is 1.34. The lowest BCUT2D eigenvalue weighted by Crippen LogP contribution is -2.25. The molecule has 0 heterocycles. The highest BCUT2D eigenvalue weighted by atomic mass is 15.1. The minimum atomic E-state index is 0.0891. The van der Waals surface area contributed by atoms with Gasteiger partial charge < -0.3 is 4.90 Å². The van der Waals surface area contributed by atoms with E-state index in [9.17, 15) is 0 Å². The van der Waals surface area contributed by atoms with Crippen molar-refractivity contribution >= 4 is 17.1 Å². The van der Waals surface area contributed by atoms with Crippen molar-refractivity contribution in [3.63, 3.8) is 0 Å². The molecule has 284 valence electrons. The molecule has 0 spiro atoms. The molecule has 0 fully saturated rings. The summed E-state index contributed by atoms with van der Waals surface area (Å²) < 4.78 is 0. The number of aryl methyl sites for hydroxylation is 2. The van der Waals surface area contributed by atoms with E-state index in [1.54, 1.807) is 11.1 Å². The van der Waals surface area contributed by atoms with Crippen molar-refractivity contribution in [1.29, 1.82) is 0 Å². The zero-order valence-electron chi connectivity index (χ0n) is 34.5. The Kier molecular flexibility index (Phi) is 13.9. The van der Waals surface area contributed by atoms with Crippen molar-refractivity contribution in [2.24, 2.45) is 0 Å². The fraction of sp³-hybridized carbons (Fsp3) is 0.434. The Hall–Kier alpha value is -4.10. The van der Waals surface area contributed by atoms with E-state index in [2.05, 4.69) is 156 Å². The molecule has 1 unspecified atom stereocenters. The van der Waals surface area contributed by atoms with Crippen LogP contribution >= 0.6 is 0 Å². The summed E-state index contributed by atoms with van der Waals surface area (Å²) in [6, 6.07) is 42.2. The van der Waals surface area contributed by atoms with Crippen molar-refractivity contribution in [1.82, 2.24) is 0 Å². The van der Waals surface area contributed by atoms with Gasteiger partial charge in [-0.1, -0.05) is 183 Å². The number of nitrogens with zero attached hydrogens (tertiary/aromatic N) is 1. The number of rotatable bonds is 20. The van der Waals surface area contributed by atoms with Gasteiger partial charge in [0.2, 0.25) is 0 Å². The smallest absolute Gasteiger partial charge is 0.0462 e. The molecule has 0 saturated heterocycles. The number of benzene rings is 5. The summed E-state index contributed by atoms with van der Waals surface area (Å²) in [6.45, 7) is 13.7. The maximum atomic E-state index is 2.60. The maximum Gasteiger partial charge on any atom is 0.0462 e. The molecule has 0 amide bonds. The van der Waals surface area contributed by atoms with Crippen LogP contribution in [0.25, 0.3) is 22.3 Å². The topological polar surface area (TPSA) is 3.24 Å². The third-order valence-corrected chi connectivity index (χ3v) is 12.5. The SMILES string of the molecule is CCCCCCCCC1(CCCCCCCC)c2cc(C)ccc2-c2ccc(-c3ccc(N(c4ccc(C)cc4)c4ccc(C(C)CC)cc4)cc3)cc21. The maximum absolute atomic E-state index is 2.60. The predicted molar refractivity (Wildman–Crippen MR) is 237 cm³/mol. The third-order valence-electron chi connectivity index (χ3n) is 12.5. The van der Waals surface area contributed by atoms with E-state index < -0.39 is 0 Å². The van der Waals surface area contributed by atoms with E-state index in [1.165, 1.54) is 146 Å². The molecule has 0 N–H and O–H groups in total. The number of unbranched alkanes of at least 4 members (excludes halogenated alkanes) is 10. The molecule has 5 aromatic carbocycles. The molecule has 0 aromatic heterocycles. The van der Waals surface area contributed by atoms with Gasteiger partial charge in [-0.05, 0) is 120 Å². The highest BCUT2D eigenvalue weighted by molar-refractivity contribution is 5.85. The first kappa shape index (κ1) is 39.6. The molecule has 0 saturated carbocycles. The molecular formula is C53H67N. The normalized spacial score (nSPS) is 13.4. The minimum Gasteiger partial charge on any atom is -0.311 e. The quantitative estimate of drug-likeness (QED) is 0.0725. The zero-order valence-corrected chi connectivity index (χ0v) is 34.5. The second-order valence-electron chi connectivity index (χ2n) is 16.5. The average Bonchev–Trinajstić information content (AvgIpc) is 3.46. The van der Waals surface area contributed by atoms with E-state index in [4.69, 9.17) is 0 Å². The molecule has 1 heteroatoms. The lowest BCUT2D eigenvalue weighted by atomic mass is 9.70. The van der Waals surface area contributed by atoms with Crippen molar-refractivity contribution < 1.29 is 0 Å². The van der Waals surface area contributed by atoms with Crippen LogP contribution in [0.5, 0.6) is 0 Å². The summed E-state index contributed by atoms with van der Waals surface area (Å²) in [5.74, 6) is 0.561. The molecule has 54 heavy (non-hydrogen) atoms. The van der Waals surface area contributed by atoms with Crippen molar-refractivity contribution in [2.75, 3.05) is 4.90 Å². The summed E-state index contributed by atoms with van der Waals surface area (Å²) in [5, 5.41) is 0. The highest BCUT2D eigenvalue weighted by Crippen LogP contribution is 2.55. The van der Waals surface area contributed by atoms with Crippen LogP contribution < -0.4 is 4.90 Å². The van der Waals surface area contributed by atoms with Gasteiger partial charge in [-0.2, -0.15) is 0 Å². The Labute approximate surface area is 329 Å². The lowest BCUT2D eigenvalue weighted by molar-refractivity contribution is 0.398. The summed E-state index contributed by atoms with van der Waals surface area (Å²) in [7, 11) is 0. The van der Waals surface area contributed by atoms with Crippen LogP contribution in [0.3, 0.4) is 0 Å². The molecule has 1 aliphatic rings. The Morgan fingerprint density at radius 2 is 0.907 bits per heavy atom. The Morgan fingerprint density at radius 3 is 1.46 bits per heavy atom. The zero-order chi connectivity index (χ0) is 37.9. The molecule has 6 rings (SSSR count). The second kappa shape index (κ2) is 19.0. The van der Waals surface area contributed by atoms with E-state index in [-0.39, 0.29) is 5.41 Å². The van der Waals surface area contributed by atoms with Gasteiger partial charge in [0.25, 0.3) is 0 Å². The molecule has 0 aliphatic heterocycles. The van der Waals surface area contributed by atoms with Gasteiger partial charge in [-0.3, -0.25) is 0 Å². The fourth-order valence-electron chi connectivity index (χ4n) is 9.00. The van der Waals surface area contributed by atoms with Crippen molar-refractivity contribution in [3.05, 3.63) is 137 Å². The first-order valence-corrected chi connectivity index (χ1v) is 21.7. The molecule has 1 atom stereocenters. The molecule has 5 aromatic rings. The van der Waals surface area contributed by atoms with Crippen molar-refractivity contribution in [2.45, 2.75) is 149 Å². The van der Waals surface area contributed by atoms with Crippen molar-refractivity contribution in [3.8, 4) is 22.3 Å². The van der Waals surface area contributed by atoms with Crippen LogP contribution in [0.1, 0.15) is 158 Å². The van der Waals surface area contributed by atoms with Crippen LogP contribution in [0, 0.1) is 13.8 Å². The van der Waals surface area contributed by atoms with Gasteiger partial charge in [0.1, 0.15) is 0 Å². The highest BCUT2D eigenvalue weighted by Gasteiger charge is 2.42. The number of hydrogen-bond acceptors (Lipinski definition) is 1. The molecule has 1 nitrogen and oxygen atoms in total. The third kappa shape index (κ3) is 9.05. The first-order valence-electron chi connectivity index (χ1n) is 21.7. The fourth-order valence-corrected chi connectivity index (χ4v) is 9.00. The van der Waals surface area contributed by atoms with E-state index in [0.29, 0.717) is 5.92 Å². The average molecular weight is 718 g/mol. The van der Waals surface area contributed by atoms with Gasteiger partial charge in [0.05, 0.1) is 0 Å². The van der Waals surface area contributed by atoms with Crippen LogP contribution in [0.4, 0.5) is 17.1 Å². The van der Waals surface area contributed by atoms with Gasteiger partial charge in [0, 0.05) is 22.5 Å². The number of hydrogen-bond donors (Lipinski definition) is 0. The number of anilines is 3. The first-order chi connectivity index (χ1) is 26.4. The van der Waals surface area contributed by atoms with Crippen LogP contribution in [0.2, 0.25) is 0 Å². The molecular weight excluding hydrogens is 651 g/mol. The number of fused-ring (bicyclic) bond motifs is 3. The summed E-state index contributed by atoms with van der Waals surface area (Å²) in [4.78, 5) is 2.40. The molecule has 0 bridgehead atoms. The van der Waals surface area contributed by atoms with E-state index in [1.807, 2.05) is 0 Å². The van der Waals surface area contributed by atoms with E-state index in [0.717, 1.165) is 6.42 Å². The van der Waals surface area contributed by atoms with Crippen LogP contribution in [-0.2, 0) is 5.41 Å². The minimum absolute atomic E-state index is 0.0891. The summed E-state index contributed by atoms with van der Waals surface area (Å²) in [6.07, 6.45) is 19.8. The molecule has 0 radical (unpaired) electrons. The summed E-state index contributed by atoms with van der Waals surface area (Å²) in [5.41, 5.74) is 16.5. The molecule has 1 aliphatic carbocycles. The van der Waals surface area contributed by atoms with E-state index >= 15 is 0 Å². The standard InChI is InChI=1S/C53H67N/c1-7-10-12-14-16-18-36-53(37-19-17-15-13-11-8-2)51-38-41(5)22-34-49(51)50-35-27-45(39-52(50)53)44-25-32-48(33-26-44)54(46-28-20-40(4)21-29-46)47-30-23-43(24-31-47)42(6)9-3/h20-35,38-39,42H,7-19,36-37H2,1-6H3. The Morgan fingerprint density at radius 1 is 0.463 bits per heavy atom. The predicted octanol–water partition coefficient (Wildman–Crippen LogP) is 16.7. The largest absolute Gasteiger partial charge is 0.311 e. The van der Waals surface area contributed by atoms with Gasteiger partial charge >= 0.3 is 0 Å².